The molecule has 0 saturated heterocycles. The third-order valence-electron chi connectivity index (χ3n) is 3.62. The Balaban J connectivity index is 1.95. The first-order chi connectivity index (χ1) is 8.08. The van der Waals surface area contributed by atoms with Crippen molar-refractivity contribution >= 4 is 0 Å². The molecule has 2 nitrogen and oxygen atoms in total. The Morgan fingerprint density at radius 1 is 1.18 bits per heavy atom. The summed E-state index contributed by atoms with van der Waals surface area (Å²) in [5, 5.41) is 10.2. The first kappa shape index (κ1) is 12.6. The first-order valence-corrected chi connectivity index (χ1v) is 6.56. The van der Waals surface area contributed by atoms with E-state index in [-0.39, 0.29) is 6.10 Å². The predicted molar refractivity (Wildman–Crippen MR) is 71.1 cm³/mol. The number of likely N-dealkylation sites (N-methyl/N-ethyl adjacent to an activating group) is 1. The van der Waals surface area contributed by atoms with Gasteiger partial charge < -0.3 is 10.0 Å². The molecule has 0 radical (unpaired) electrons. The Kier molecular flexibility index (Phi) is 3.85. The highest BCUT2D eigenvalue weighted by atomic mass is 16.3. The van der Waals surface area contributed by atoms with Crippen LogP contribution in [0, 0.1) is 0 Å². The SMILES string of the molecule is CC(C)c1ccc(C(O)CN(C)C2CC2)cc1. The molecule has 0 spiro atoms. The Morgan fingerprint density at radius 3 is 2.18 bits per heavy atom. The van der Waals surface area contributed by atoms with Crippen LogP contribution in [0.3, 0.4) is 0 Å². The fourth-order valence-corrected chi connectivity index (χ4v) is 2.15. The fourth-order valence-electron chi connectivity index (χ4n) is 2.15. The number of hydrogen-bond donors (Lipinski definition) is 1. The Morgan fingerprint density at radius 2 is 1.71 bits per heavy atom. The van der Waals surface area contributed by atoms with Crippen LogP contribution in [0.1, 0.15) is 49.8 Å². The van der Waals surface area contributed by atoms with Gasteiger partial charge in [-0.1, -0.05) is 38.1 Å². The minimum Gasteiger partial charge on any atom is -0.387 e. The maximum absolute atomic E-state index is 10.2. The Hall–Kier alpha value is -0.860. The second kappa shape index (κ2) is 5.19. The van der Waals surface area contributed by atoms with E-state index >= 15 is 0 Å². The minimum absolute atomic E-state index is 0.359. The number of hydrogen-bond acceptors (Lipinski definition) is 2. The van der Waals surface area contributed by atoms with Crippen LogP contribution < -0.4 is 0 Å². The van der Waals surface area contributed by atoms with E-state index in [1.807, 2.05) is 0 Å². The van der Waals surface area contributed by atoms with Gasteiger partial charge in [-0.15, -0.1) is 0 Å². The summed E-state index contributed by atoms with van der Waals surface area (Å²) in [4.78, 5) is 2.26. The molecule has 0 heterocycles. The summed E-state index contributed by atoms with van der Waals surface area (Å²) >= 11 is 0. The van der Waals surface area contributed by atoms with Gasteiger partial charge >= 0.3 is 0 Å². The summed E-state index contributed by atoms with van der Waals surface area (Å²) in [5.74, 6) is 0.551. The van der Waals surface area contributed by atoms with Gasteiger partial charge in [-0.2, -0.15) is 0 Å². The van der Waals surface area contributed by atoms with Crippen molar-refractivity contribution in [2.75, 3.05) is 13.6 Å². The second-order valence-electron chi connectivity index (χ2n) is 5.51. The Labute approximate surface area is 104 Å². The summed E-state index contributed by atoms with van der Waals surface area (Å²) in [6, 6.07) is 9.07. The van der Waals surface area contributed by atoms with E-state index in [9.17, 15) is 5.11 Å². The zero-order chi connectivity index (χ0) is 12.4. The van der Waals surface area contributed by atoms with Gasteiger partial charge in [0, 0.05) is 12.6 Å². The molecule has 1 aliphatic carbocycles. The lowest BCUT2D eigenvalue weighted by atomic mass is 10.00. The third kappa shape index (κ3) is 3.30. The normalized spacial score (nSPS) is 17.8. The van der Waals surface area contributed by atoms with Gasteiger partial charge in [0.15, 0.2) is 0 Å². The lowest BCUT2D eigenvalue weighted by Gasteiger charge is -2.20. The molecule has 1 fully saturated rings. The molecule has 17 heavy (non-hydrogen) atoms. The fraction of sp³-hybridized carbons (Fsp3) is 0.600. The van der Waals surface area contributed by atoms with Gasteiger partial charge in [-0.25, -0.2) is 0 Å². The third-order valence-corrected chi connectivity index (χ3v) is 3.62. The van der Waals surface area contributed by atoms with Crippen molar-refractivity contribution in [2.45, 2.75) is 44.8 Å². The molecule has 0 bridgehead atoms. The molecular weight excluding hydrogens is 210 g/mol. The molecular formula is C15H23NO. The van der Waals surface area contributed by atoms with E-state index in [0.29, 0.717) is 12.0 Å². The average molecular weight is 233 g/mol. The highest BCUT2D eigenvalue weighted by molar-refractivity contribution is 5.26. The smallest absolute Gasteiger partial charge is 0.0916 e. The molecule has 1 atom stereocenters. The molecule has 1 aliphatic rings. The van der Waals surface area contributed by atoms with Crippen LogP contribution in [0.2, 0.25) is 0 Å². The topological polar surface area (TPSA) is 23.5 Å². The monoisotopic (exact) mass is 233 g/mol. The van der Waals surface area contributed by atoms with Crippen molar-refractivity contribution in [2.24, 2.45) is 0 Å². The van der Waals surface area contributed by atoms with E-state index in [4.69, 9.17) is 0 Å². The minimum atomic E-state index is -0.359. The highest BCUT2D eigenvalue weighted by Crippen LogP contribution is 2.27. The summed E-state index contributed by atoms with van der Waals surface area (Å²) < 4.78 is 0. The molecule has 1 saturated carbocycles. The quantitative estimate of drug-likeness (QED) is 0.845. The molecule has 1 unspecified atom stereocenters. The van der Waals surface area contributed by atoms with Gasteiger partial charge in [0.25, 0.3) is 0 Å². The molecule has 2 rings (SSSR count). The van der Waals surface area contributed by atoms with Crippen molar-refractivity contribution in [3.8, 4) is 0 Å². The van der Waals surface area contributed by atoms with Gasteiger partial charge in [0.2, 0.25) is 0 Å². The van der Waals surface area contributed by atoms with E-state index < -0.39 is 0 Å². The van der Waals surface area contributed by atoms with Gasteiger partial charge in [0.1, 0.15) is 0 Å². The largest absolute Gasteiger partial charge is 0.387 e. The van der Waals surface area contributed by atoms with Crippen LogP contribution in [0.5, 0.6) is 0 Å². The summed E-state index contributed by atoms with van der Waals surface area (Å²) in [7, 11) is 2.10. The van der Waals surface area contributed by atoms with Crippen LogP contribution >= 0.6 is 0 Å². The van der Waals surface area contributed by atoms with E-state index in [1.165, 1.54) is 18.4 Å². The maximum Gasteiger partial charge on any atom is 0.0916 e. The van der Waals surface area contributed by atoms with Crippen LogP contribution in [0.4, 0.5) is 0 Å². The molecule has 0 aromatic heterocycles. The van der Waals surface area contributed by atoms with Crippen LogP contribution in [0.25, 0.3) is 0 Å². The number of rotatable bonds is 5. The van der Waals surface area contributed by atoms with E-state index in [1.54, 1.807) is 0 Å². The van der Waals surface area contributed by atoms with Crippen molar-refractivity contribution in [3.63, 3.8) is 0 Å². The average Bonchev–Trinajstić information content (AvgIpc) is 3.12. The van der Waals surface area contributed by atoms with Crippen molar-refractivity contribution in [1.29, 1.82) is 0 Å². The lowest BCUT2D eigenvalue weighted by molar-refractivity contribution is 0.123. The molecule has 0 aliphatic heterocycles. The summed E-state index contributed by atoms with van der Waals surface area (Å²) in [6.45, 7) is 5.12. The Bertz CT molecular complexity index is 354. The van der Waals surface area contributed by atoms with Gasteiger partial charge in [0.05, 0.1) is 6.10 Å². The van der Waals surface area contributed by atoms with Crippen LogP contribution in [-0.2, 0) is 0 Å². The van der Waals surface area contributed by atoms with E-state index in [0.717, 1.165) is 12.1 Å². The lowest BCUT2D eigenvalue weighted by Crippen LogP contribution is -2.26. The van der Waals surface area contributed by atoms with Crippen molar-refractivity contribution < 1.29 is 5.11 Å². The van der Waals surface area contributed by atoms with Crippen LogP contribution in [0.15, 0.2) is 24.3 Å². The zero-order valence-electron chi connectivity index (χ0n) is 11.1. The summed E-state index contributed by atoms with van der Waals surface area (Å²) in [6.07, 6.45) is 2.21. The van der Waals surface area contributed by atoms with E-state index in [2.05, 4.69) is 50.1 Å². The predicted octanol–water partition coefficient (Wildman–Crippen LogP) is 2.94. The van der Waals surface area contributed by atoms with Gasteiger partial charge in [-0.3, -0.25) is 0 Å². The standard InChI is InChI=1S/C15H23NO/c1-11(2)12-4-6-13(7-5-12)15(17)10-16(3)14-8-9-14/h4-7,11,14-15,17H,8-10H2,1-3H3. The van der Waals surface area contributed by atoms with Crippen molar-refractivity contribution in [3.05, 3.63) is 35.4 Å². The molecule has 0 amide bonds. The molecule has 1 aromatic rings. The number of aliphatic hydroxyl groups excluding tert-OH is 1. The summed E-state index contributed by atoms with van der Waals surface area (Å²) in [5.41, 5.74) is 2.36. The number of aliphatic hydroxyl groups is 1. The van der Waals surface area contributed by atoms with Crippen molar-refractivity contribution in [1.82, 2.24) is 4.90 Å². The molecule has 94 valence electrons. The zero-order valence-corrected chi connectivity index (χ0v) is 11.1. The number of nitrogens with zero attached hydrogens (tertiary/aromatic N) is 1. The van der Waals surface area contributed by atoms with Gasteiger partial charge in [-0.05, 0) is 36.9 Å². The highest BCUT2D eigenvalue weighted by Gasteiger charge is 2.27. The molecule has 2 heteroatoms. The van der Waals surface area contributed by atoms with Crippen LogP contribution in [-0.4, -0.2) is 29.6 Å². The second-order valence-corrected chi connectivity index (χ2v) is 5.51. The number of benzene rings is 1. The molecule has 1 N–H and O–H groups in total. The first-order valence-electron chi connectivity index (χ1n) is 6.56. The molecule has 1 aromatic carbocycles. The maximum atomic E-state index is 10.2.